The van der Waals surface area contributed by atoms with Crippen LogP contribution in [0, 0.1) is 25.1 Å². The Morgan fingerprint density at radius 2 is 2.09 bits per heavy atom. The van der Waals surface area contributed by atoms with Crippen LogP contribution in [0.25, 0.3) is 16.6 Å². The number of halogens is 1. The molecule has 0 amide bonds. The molecule has 0 unspecified atom stereocenters. The van der Waals surface area contributed by atoms with Gasteiger partial charge in [0, 0.05) is 47.9 Å². The summed E-state index contributed by atoms with van der Waals surface area (Å²) in [4.78, 5) is 19.9. The van der Waals surface area contributed by atoms with E-state index < -0.39 is 0 Å². The van der Waals surface area contributed by atoms with Crippen molar-refractivity contribution in [2.75, 3.05) is 24.6 Å². The zero-order chi connectivity index (χ0) is 23.8. The third-order valence-electron chi connectivity index (χ3n) is 6.57. The van der Waals surface area contributed by atoms with Crippen LogP contribution in [0.5, 0.6) is 5.75 Å². The number of nitrogens with zero attached hydrogens (tertiary/aromatic N) is 4. The molecule has 1 aliphatic rings. The lowest BCUT2D eigenvalue weighted by molar-refractivity contribution is 0.369. The second-order valence-corrected chi connectivity index (χ2v) is 8.52. The highest BCUT2D eigenvalue weighted by Gasteiger charge is 2.28. The molecule has 0 aliphatic carbocycles. The number of rotatable bonds is 5. The molecule has 0 radical (unpaired) electrons. The summed E-state index contributed by atoms with van der Waals surface area (Å²) in [6.45, 7) is 5.37. The first-order valence-corrected chi connectivity index (χ1v) is 11.4. The van der Waals surface area contributed by atoms with Crippen LogP contribution in [0.4, 0.5) is 10.1 Å². The Bertz CT molecular complexity index is 1480. The standard InChI is InChI=1S/C26H25FN4O3/c1-4-14-33-24-21(10-13-31-25(24)28-16(3)19(5-2)26(31)32)30-11-8-17(9-12-30)23-20-7-6-18(27)15-22(20)34-29-23/h1,6-7,10,13,15,17H,5,8-9,11-12,14H2,2-3H3. The maximum atomic E-state index is 13.5. The Kier molecular flexibility index (Phi) is 5.70. The minimum Gasteiger partial charge on any atom is -0.475 e. The zero-order valence-electron chi connectivity index (χ0n) is 19.2. The molecule has 4 heterocycles. The van der Waals surface area contributed by atoms with E-state index in [2.05, 4.69) is 16.0 Å². The lowest BCUT2D eigenvalue weighted by Gasteiger charge is -2.34. The highest BCUT2D eigenvalue weighted by Crippen LogP contribution is 2.38. The van der Waals surface area contributed by atoms with Crippen molar-refractivity contribution in [1.82, 2.24) is 14.5 Å². The first-order valence-electron chi connectivity index (χ1n) is 11.4. The molecule has 8 heteroatoms. The monoisotopic (exact) mass is 460 g/mol. The van der Waals surface area contributed by atoms with Crippen LogP contribution in [-0.2, 0) is 6.42 Å². The molecule has 4 aromatic rings. The number of aryl methyl sites for hydroxylation is 1. The number of aromatic nitrogens is 3. The van der Waals surface area contributed by atoms with Crippen LogP contribution >= 0.6 is 0 Å². The van der Waals surface area contributed by atoms with Crippen LogP contribution in [-0.4, -0.2) is 34.2 Å². The Hall–Kier alpha value is -3.86. The van der Waals surface area contributed by atoms with E-state index in [0.29, 0.717) is 34.7 Å². The summed E-state index contributed by atoms with van der Waals surface area (Å²) in [6, 6.07) is 6.43. The smallest absolute Gasteiger partial charge is 0.261 e. The van der Waals surface area contributed by atoms with Gasteiger partial charge in [-0.25, -0.2) is 9.37 Å². The summed E-state index contributed by atoms with van der Waals surface area (Å²) in [5, 5.41) is 5.09. The van der Waals surface area contributed by atoms with Crippen molar-refractivity contribution < 1.29 is 13.7 Å². The van der Waals surface area contributed by atoms with Gasteiger partial charge in [0.25, 0.3) is 5.56 Å². The predicted molar refractivity (Wildman–Crippen MR) is 128 cm³/mol. The van der Waals surface area contributed by atoms with E-state index in [9.17, 15) is 9.18 Å². The van der Waals surface area contributed by atoms with Gasteiger partial charge in [0.2, 0.25) is 0 Å². The number of pyridine rings is 1. The lowest BCUT2D eigenvalue weighted by atomic mass is 9.91. The van der Waals surface area contributed by atoms with Crippen molar-refractivity contribution in [2.45, 2.75) is 39.0 Å². The molecule has 0 bridgehead atoms. The molecular formula is C26H25FN4O3. The molecule has 1 fully saturated rings. The highest BCUT2D eigenvalue weighted by atomic mass is 19.1. The van der Waals surface area contributed by atoms with E-state index >= 15 is 0 Å². The van der Waals surface area contributed by atoms with Crippen molar-refractivity contribution in [3.05, 3.63) is 63.6 Å². The van der Waals surface area contributed by atoms with Gasteiger partial charge in [-0.15, -0.1) is 6.42 Å². The number of piperidine rings is 1. The fourth-order valence-electron chi connectivity index (χ4n) is 4.84. The Morgan fingerprint density at radius 3 is 2.82 bits per heavy atom. The fraction of sp³-hybridized carbons (Fsp3) is 0.346. The van der Waals surface area contributed by atoms with Crippen molar-refractivity contribution in [3.8, 4) is 18.1 Å². The summed E-state index contributed by atoms with van der Waals surface area (Å²) >= 11 is 0. The summed E-state index contributed by atoms with van der Waals surface area (Å²) in [6.07, 6.45) is 9.51. The Balaban J connectivity index is 1.47. The number of hydrogen-bond donors (Lipinski definition) is 0. The average Bonchev–Trinajstić information content (AvgIpc) is 3.26. The van der Waals surface area contributed by atoms with Crippen LogP contribution in [0.3, 0.4) is 0 Å². The predicted octanol–water partition coefficient (Wildman–Crippen LogP) is 4.24. The maximum absolute atomic E-state index is 13.5. The van der Waals surface area contributed by atoms with Crippen molar-refractivity contribution in [1.29, 1.82) is 0 Å². The number of anilines is 1. The van der Waals surface area contributed by atoms with Crippen LogP contribution in [0.15, 0.2) is 39.8 Å². The summed E-state index contributed by atoms with van der Waals surface area (Å²) in [5.41, 5.74) is 3.96. The topological polar surface area (TPSA) is 72.9 Å². The lowest BCUT2D eigenvalue weighted by Crippen LogP contribution is -2.34. The van der Waals surface area contributed by atoms with E-state index in [1.165, 1.54) is 16.5 Å². The third kappa shape index (κ3) is 3.67. The second kappa shape index (κ2) is 8.82. The Morgan fingerprint density at radius 1 is 1.29 bits per heavy atom. The van der Waals surface area contributed by atoms with E-state index in [1.807, 2.05) is 19.9 Å². The minimum atomic E-state index is -0.338. The maximum Gasteiger partial charge on any atom is 0.261 e. The van der Waals surface area contributed by atoms with E-state index in [0.717, 1.165) is 42.7 Å². The quantitative estimate of drug-likeness (QED) is 0.415. The van der Waals surface area contributed by atoms with Gasteiger partial charge in [0.1, 0.15) is 12.4 Å². The van der Waals surface area contributed by atoms with Gasteiger partial charge in [0.15, 0.2) is 17.0 Å². The molecule has 34 heavy (non-hydrogen) atoms. The van der Waals surface area contributed by atoms with E-state index in [-0.39, 0.29) is 23.9 Å². The molecular weight excluding hydrogens is 435 g/mol. The van der Waals surface area contributed by atoms with Crippen molar-refractivity contribution in [3.63, 3.8) is 0 Å². The molecule has 0 spiro atoms. The average molecular weight is 461 g/mol. The molecule has 1 aromatic carbocycles. The van der Waals surface area contributed by atoms with E-state index in [4.69, 9.17) is 20.7 Å². The van der Waals surface area contributed by atoms with Gasteiger partial charge in [-0.2, -0.15) is 0 Å². The first-order chi connectivity index (χ1) is 16.5. The molecule has 1 aliphatic heterocycles. The molecule has 0 saturated carbocycles. The Labute approximate surface area is 196 Å². The summed E-state index contributed by atoms with van der Waals surface area (Å²) in [5.74, 6) is 2.89. The summed E-state index contributed by atoms with van der Waals surface area (Å²) < 4.78 is 26.4. The van der Waals surface area contributed by atoms with Crippen molar-refractivity contribution >= 4 is 22.3 Å². The van der Waals surface area contributed by atoms with Crippen LogP contribution in [0.2, 0.25) is 0 Å². The minimum absolute atomic E-state index is 0.0784. The fourth-order valence-corrected chi connectivity index (χ4v) is 4.84. The second-order valence-electron chi connectivity index (χ2n) is 8.52. The van der Waals surface area contributed by atoms with Gasteiger partial charge in [-0.05, 0) is 44.4 Å². The molecule has 1 saturated heterocycles. The van der Waals surface area contributed by atoms with Gasteiger partial charge in [-0.3, -0.25) is 9.20 Å². The van der Waals surface area contributed by atoms with Gasteiger partial charge in [0.05, 0.1) is 11.4 Å². The molecule has 3 aromatic heterocycles. The summed E-state index contributed by atoms with van der Waals surface area (Å²) in [7, 11) is 0. The number of hydrogen-bond acceptors (Lipinski definition) is 6. The van der Waals surface area contributed by atoms with Gasteiger partial charge < -0.3 is 14.2 Å². The normalized spacial score (nSPS) is 14.6. The number of terminal acetylenes is 1. The molecule has 174 valence electrons. The molecule has 0 atom stereocenters. The SMILES string of the molecule is C#CCOc1c(N2CCC(c3noc4cc(F)ccc34)CC2)ccn2c(=O)c(CC)c(C)nc12. The molecule has 7 nitrogen and oxygen atoms in total. The van der Waals surface area contributed by atoms with E-state index in [1.54, 1.807) is 12.3 Å². The molecule has 5 rings (SSSR count). The first kappa shape index (κ1) is 22.0. The van der Waals surface area contributed by atoms with Crippen LogP contribution < -0.4 is 15.2 Å². The number of fused-ring (bicyclic) bond motifs is 2. The van der Waals surface area contributed by atoms with Gasteiger partial charge >= 0.3 is 0 Å². The highest BCUT2D eigenvalue weighted by molar-refractivity contribution is 5.80. The number of ether oxygens (including phenoxy) is 1. The third-order valence-corrected chi connectivity index (χ3v) is 6.57. The van der Waals surface area contributed by atoms with Crippen molar-refractivity contribution in [2.24, 2.45) is 0 Å². The zero-order valence-corrected chi connectivity index (χ0v) is 19.2. The van der Waals surface area contributed by atoms with Gasteiger partial charge in [-0.1, -0.05) is 18.0 Å². The largest absolute Gasteiger partial charge is 0.475 e. The van der Waals surface area contributed by atoms with Crippen LogP contribution in [0.1, 0.15) is 42.6 Å². The molecule has 0 N–H and O–H groups in total. The number of benzene rings is 1.